The number of hydrogen-bond acceptors (Lipinski definition) is 3. The van der Waals surface area contributed by atoms with Crippen LogP contribution in [0, 0.1) is 6.92 Å². The summed E-state index contributed by atoms with van der Waals surface area (Å²) in [7, 11) is -2.39. The van der Waals surface area contributed by atoms with Crippen LogP contribution in [0.2, 0.25) is 5.02 Å². The zero-order valence-corrected chi connectivity index (χ0v) is 16.8. The van der Waals surface area contributed by atoms with Gasteiger partial charge in [-0.1, -0.05) is 53.0 Å². The van der Waals surface area contributed by atoms with Crippen LogP contribution in [0.25, 0.3) is 0 Å². The van der Waals surface area contributed by atoms with Crippen LogP contribution >= 0.6 is 23.2 Å². The summed E-state index contributed by atoms with van der Waals surface area (Å²) in [6, 6.07) is 13.8. The van der Waals surface area contributed by atoms with Gasteiger partial charge >= 0.3 is 0 Å². The Kier molecular flexibility index (Phi) is 5.82. The second-order valence-corrected chi connectivity index (χ2v) is 9.02. The zero-order chi connectivity index (χ0) is 18.8. The Balaban J connectivity index is 2.33. The minimum Gasteiger partial charge on any atom is -0.200 e. The fourth-order valence-corrected chi connectivity index (χ4v) is 3.52. The van der Waals surface area contributed by atoms with E-state index in [1.165, 1.54) is 7.05 Å². The van der Waals surface area contributed by atoms with Crippen LogP contribution < -0.4 is 0 Å². The normalized spacial score (nSPS) is 13.0. The van der Waals surface area contributed by atoms with Crippen molar-refractivity contribution in [2.24, 2.45) is 5.10 Å². The van der Waals surface area contributed by atoms with Gasteiger partial charge in [-0.2, -0.15) is 17.9 Å². The van der Waals surface area contributed by atoms with Crippen molar-refractivity contribution in [1.29, 1.82) is 0 Å². The summed E-state index contributed by atoms with van der Waals surface area (Å²) in [4.78, 5) is 0.165. The lowest BCUT2D eigenvalue weighted by Crippen LogP contribution is -2.30. The predicted molar refractivity (Wildman–Crippen MR) is 104 cm³/mol. The second-order valence-electron chi connectivity index (χ2n) is 6.28. The third-order valence-electron chi connectivity index (χ3n) is 3.98. The number of sulfonamides is 1. The number of benzene rings is 2. The van der Waals surface area contributed by atoms with Crippen LogP contribution in [0.1, 0.15) is 25.0 Å². The van der Waals surface area contributed by atoms with E-state index in [0.29, 0.717) is 5.02 Å². The molecule has 0 aliphatic rings. The summed E-state index contributed by atoms with van der Waals surface area (Å²) in [5, 5.41) is 4.89. The van der Waals surface area contributed by atoms with E-state index >= 15 is 0 Å². The fourth-order valence-electron chi connectivity index (χ4n) is 2.15. The van der Waals surface area contributed by atoms with Gasteiger partial charge in [-0.15, -0.1) is 0 Å². The van der Waals surface area contributed by atoms with Crippen LogP contribution in [-0.4, -0.2) is 25.1 Å². The maximum absolute atomic E-state index is 12.6. The highest BCUT2D eigenvalue weighted by Gasteiger charge is 2.29. The van der Waals surface area contributed by atoms with Gasteiger partial charge in [0, 0.05) is 17.5 Å². The maximum Gasteiger partial charge on any atom is 0.278 e. The molecular formula is C18H20Cl2N2O2S. The van der Waals surface area contributed by atoms with Gasteiger partial charge in [0.25, 0.3) is 10.0 Å². The average molecular weight is 399 g/mol. The molecular weight excluding hydrogens is 379 g/mol. The molecule has 0 aliphatic heterocycles. The van der Waals surface area contributed by atoms with E-state index in [1.54, 1.807) is 36.4 Å². The van der Waals surface area contributed by atoms with Gasteiger partial charge in [0.15, 0.2) is 0 Å². The Bertz CT molecular complexity index is 874. The molecule has 0 fully saturated rings. The lowest BCUT2D eigenvalue weighted by Gasteiger charge is -2.25. The Morgan fingerprint density at radius 2 is 1.56 bits per heavy atom. The van der Waals surface area contributed by atoms with Gasteiger partial charge in [-0.05, 0) is 50.6 Å². The lowest BCUT2D eigenvalue weighted by molar-refractivity contribution is 0.486. The van der Waals surface area contributed by atoms with Crippen molar-refractivity contribution in [1.82, 2.24) is 4.41 Å². The van der Waals surface area contributed by atoms with Crippen molar-refractivity contribution in [3.8, 4) is 0 Å². The van der Waals surface area contributed by atoms with Crippen molar-refractivity contribution < 1.29 is 8.42 Å². The summed E-state index contributed by atoms with van der Waals surface area (Å²) in [6.07, 6.45) is 0. The molecule has 0 radical (unpaired) electrons. The van der Waals surface area contributed by atoms with Crippen molar-refractivity contribution in [2.75, 3.05) is 7.05 Å². The second kappa shape index (κ2) is 7.36. The van der Waals surface area contributed by atoms with Crippen LogP contribution in [-0.2, 0) is 15.4 Å². The van der Waals surface area contributed by atoms with Gasteiger partial charge in [0.1, 0.15) is 5.17 Å². The number of rotatable bonds is 5. The number of hydrazone groups is 1. The highest BCUT2D eigenvalue weighted by Crippen LogP contribution is 2.29. The molecule has 4 nitrogen and oxygen atoms in total. The van der Waals surface area contributed by atoms with Gasteiger partial charge in [-0.25, -0.2) is 0 Å². The molecule has 0 spiro atoms. The van der Waals surface area contributed by atoms with Crippen molar-refractivity contribution in [2.45, 2.75) is 31.1 Å². The molecule has 0 saturated heterocycles. The Morgan fingerprint density at radius 1 is 1.04 bits per heavy atom. The SMILES string of the molecule is Cc1ccc(S(=O)(=O)N(C)N=C(Cl)C(C)(C)c2ccc(Cl)cc2)cc1. The average Bonchev–Trinajstić information content (AvgIpc) is 2.55. The first kappa shape index (κ1) is 19.8. The summed E-state index contributed by atoms with van der Waals surface area (Å²) in [5.41, 5.74) is 1.20. The molecule has 0 atom stereocenters. The molecule has 0 amide bonds. The molecule has 7 heteroatoms. The molecule has 0 N–H and O–H groups in total. The zero-order valence-electron chi connectivity index (χ0n) is 14.5. The highest BCUT2D eigenvalue weighted by molar-refractivity contribution is 7.89. The van der Waals surface area contributed by atoms with E-state index in [9.17, 15) is 8.42 Å². The molecule has 2 aromatic rings. The Labute approximate surface area is 159 Å². The highest BCUT2D eigenvalue weighted by atomic mass is 35.5. The van der Waals surface area contributed by atoms with Crippen LogP contribution in [0.3, 0.4) is 0 Å². The largest absolute Gasteiger partial charge is 0.278 e. The van der Waals surface area contributed by atoms with Crippen molar-refractivity contribution in [3.63, 3.8) is 0 Å². The van der Waals surface area contributed by atoms with E-state index in [4.69, 9.17) is 23.2 Å². The minimum atomic E-state index is -3.76. The fraction of sp³-hybridized carbons (Fsp3) is 0.278. The standard InChI is InChI=1S/C18H20Cl2N2O2S/c1-13-5-11-16(12-6-13)25(23,24)22(4)21-17(20)18(2,3)14-7-9-15(19)10-8-14/h5-12H,1-4H3. The number of aryl methyl sites for hydroxylation is 1. The molecule has 2 aromatic carbocycles. The summed E-state index contributed by atoms with van der Waals surface area (Å²) in [6.45, 7) is 5.63. The minimum absolute atomic E-state index is 0.160. The summed E-state index contributed by atoms with van der Waals surface area (Å²) in [5.74, 6) is 0. The van der Waals surface area contributed by atoms with Gasteiger partial charge in [-0.3, -0.25) is 0 Å². The topological polar surface area (TPSA) is 49.7 Å². The van der Waals surface area contributed by atoms with Gasteiger partial charge in [0.05, 0.1) is 4.90 Å². The molecule has 0 heterocycles. The number of nitrogens with zero attached hydrogens (tertiary/aromatic N) is 2. The van der Waals surface area contributed by atoms with Crippen molar-refractivity contribution >= 4 is 38.4 Å². The van der Waals surface area contributed by atoms with E-state index in [1.807, 2.05) is 32.9 Å². The molecule has 2 rings (SSSR count). The monoisotopic (exact) mass is 398 g/mol. The molecule has 0 aromatic heterocycles. The Morgan fingerprint density at radius 3 is 2.08 bits per heavy atom. The van der Waals surface area contributed by atoms with E-state index in [0.717, 1.165) is 15.5 Å². The van der Waals surface area contributed by atoms with Gasteiger partial charge < -0.3 is 0 Å². The van der Waals surface area contributed by atoms with E-state index in [2.05, 4.69) is 5.10 Å². The predicted octanol–water partition coefficient (Wildman–Crippen LogP) is 4.80. The maximum atomic E-state index is 12.6. The molecule has 0 aliphatic carbocycles. The first-order chi connectivity index (χ1) is 11.5. The smallest absolute Gasteiger partial charge is 0.200 e. The summed E-state index contributed by atoms with van der Waals surface area (Å²) >= 11 is 12.3. The third-order valence-corrected chi connectivity index (χ3v) is 6.42. The molecule has 0 saturated carbocycles. The first-order valence-electron chi connectivity index (χ1n) is 7.61. The van der Waals surface area contributed by atoms with E-state index < -0.39 is 15.4 Å². The van der Waals surface area contributed by atoms with Gasteiger partial charge in [0.2, 0.25) is 0 Å². The van der Waals surface area contributed by atoms with E-state index in [-0.39, 0.29) is 10.1 Å². The molecule has 134 valence electrons. The quantitative estimate of drug-likeness (QED) is 0.536. The van der Waals surface area contributed by atoms with Crippen LogP contribution in [0.15, 0.2) is 58.5 Å². The number of halogens is 2. The molecule has 25 heavy (non-hydrogen) atoms. The number of hydrogen-bond donors (Lipinski definition) is 0. The molecule has 0 bridgehead atoms. The Hall–Kier alpha value is -1.56. The van der Waals surface area contributed by atoms with Crippen LogP contribution in [0.4, 0.5) is 0 Å². The van der Waals surface area contributed by atoms with Crippen molar-refractivity contribution in [3.05, 3.63) is 64.7 Å². The third kappa shape index (κ3) is 4.35. The molecule has 0 unspecified atom stereocenters. The first-order valence-corrected chi connectivity index (χ1v) is 9.81. The lowest BCUT2D eigenvalue weighted by atomic mass is 9.86. The summed E-state index contributed by atoms with van der Waals surface area (Å²) < 4.78 is 26.2. The van der Waals surface area contributed by atoms with Crippen LogP contribution in [0.5, 0.6) is 0 Å².